The molecule has 1 amide bonds. The van der Waals surface area contributed by atoms with Crippen molar-refractivity contribution in [1.82, 2.24) is 19.6 Å². The second-order valence-electron chi connectivity index (χ2n) is 8.50. The number of ether oxygens (including phenoxy) is 2. The molecular formula is C24H23ClF3N5O5. The standard InChI is InChI=1S/C24H23ClF3N5O5/c1-5-37-21-14(11-29-31(21)3)23(36)38-22-17(12(2)30-32(22)4)20(35)13-8-9-15(24(26,27)28)19(18(13)25)33-10-6-7-16(33)34/h8-9,11H,5-7,10H2,1-4H3. The summed E-state index contributed by atoms with van der Waals surface area (Å²) in [5.74, 6) is -2.36. The predicted molar refractivity (Wildman–Crippen MR) is 129 cm³/mol. The number of hydrogen-bond acceptors (Lipinski definition) is 7. The van der Waals surface area contributed by atoms with Crippen LogP contribution in [-0.4, -0.2) is 50.4 Å². The lowest BCUT2D eigenvalue weighted by Crippen LogP contribution is -2.28. The van der Waals surface area contributed by atoms with Crippen LogP contribution >= 0.6 is 11.6 Å². The van der Waals surface area contributed by atoms with Gasteiger partial charge >= 0.3 is 12.1 Å². The molecule has 1 saturated heterocycles. The number of hydrogen-bond donors (Lipinski definition) is 0. The maximum absolute atomic E-state index is 13.8. The number of amides is 1. The van der Waals surface area contributed by atoms with E-state index in [2.05, 4.69) is 10.2 Å². The SMILES string of the molecule is CCOc1c(C(=O)Oc2c(C(=O)c3ccc(C(F)(F)F)c(N4CCCC4=O)c3Cl)c(C)nn2C)cnn1C. The summed E-state index contributed by atoms with van der Waals surface area (Å²) in [5.41, 5.74) is -2.06. The molecule has 1 aliphatic rings. The molecule has 3 heterocycles. The van der Waals surface area contributed by atoms with Crippen LogP contribution in [0.1, 0.15) is 57.3 Å². The lowest BCUT2D eigenvalue weighted by Gasteiger charge is -2.23. The molecule has 0 saturated carbocycles. The molecule has 0 unspecified atom stereocenters. The zero-order chi connectivity index (χ0) is 27.9. The van der Waals surface area contributed by atoms with Crippen LogP contribution in [0.15, 0.2) is 18.3 Å². The third kappa shape index (κ3) is 4.73. The van der Waals surface area contributed by atoms with Crippen molar-refractivity contribution >= 4 is 34.9 Å². The van der Waals surface area contributed by atoms with Gasteiger partial charge in [-0.2, -0.15) is 23.4 Å². The van der Waals surface area contributed by atoms with Crippen molar-refractivity contribution < 1.29 is 37.0 Å². The summed E-state index contributed by atoms with van der Waals surface area (Å²) < 4.78 is 54.9. The third-order valence-corrected chi connectivity index (χ3v) is 6.36. The van der Waals surface area contributed by atoms with E-state index in [9.17, 15) is 27.6 Å². The Morgan fingerprint density at radius 2 is 1.84 bits per heavy atom. The Bertz CT molecular complexity index is 1450. The number of halogens is 4. The fraction of sp³-hybridized carbons (Fsp3) is 0.375. The van der Waals surface area contributed by atoms with Gasteiger partial charge in [0.25, 0.3) is 0 Å². The van der Waals surface area contributed by atoms with Gasteiger partial charge < -0.3 is 14.4 Å². The molecule has 1 aliphatic heterocycles. The normalized spacial score (nSPS) is 13.8. The number of carbonyl (C=O) groups excluding carboxylic acids is 3. The first kappa shape index (κ1) is 27.2. The summed E-state index contributed by atoms with van der Waals surface area (Å²) in [6.45, 7) is 3.48. The van der Waals surface area contributed by atoms with Crippen LogP contribution in [0.4, 0.5) is 18.9 Å². The highest BCUT2D eigenvalue weighted by Crippen LogP contribution is 2.44. The van der Waals surface area contributed by atoms with E-state index in [4.69, 9.17) is 21.1 Å². The number of ketones is 1. The summed E-state index contributed by atoms with van der Waals surface area (Å²) in [5, 5.41) is 7.59. The highest BCUT2D eigenvalue weighted by atomic mass is 35.5. The minimum atomic E-state index is -4.82. The Kier molecular flexibility index (Phi) is 7.24. The molecule has 38 heavy (non-hydrogen) atoms. The molecule has 3 aromatic rings. The van der Waals surface area contributed by atoms with Crippen molar-refractivity contribution in [2.75, 3.05) is 18.1 Å². The van der Waals surface area contributed by atoms with Crippen LogP contribution in [0.5, 0.6) is 11.8 Å². The van der Waals surface area contributed by atoms with Crippen LogP contribution in [0.3, 0.4) is 0 Å². The Labute approximate surface area is 219 Å². The highest BCUT2D eigenvalue weighted by Gasteiger charge is 2.40. The van der Waals surface area contributed by atoms with Crippen LogP contribution in [-0.2, 0) is 25.1 Å². The Balaban J connectivity index is 1.78. The van der Waals surface area contributed by atoms with Crippen molar-refractivity contribution in [3.63, 3.8) is 0 Å². The molecule has 0 spiro atoms. The van der Waals surface area contributed by atoms with Crippen molar-refractivity contribution in [3.8, 4) is 11.8 Å². The van der Waals surface area contributed by atoms with E-state index in [1.54, 1.807) is 14.0 Å². The molecule has 0 bridgehead atoms. The number of anilines is 1. The van der Waals surface area contributed by atoms with E-state index in [0.29, 0.717) is 12.5 Å². The van der Waals surface area contributed by atoms with E-state index in [0.717, 1.165) is 15.6 Å². The van der Waals surface area contributed by atoms with Crippen molar-refractivity contribution in [3.05, 3.63) is 51.3 Å². The number of nitrogens with zero attached hydrogens (tertiary/aromatic N) is 5. The lowest BCUT2D eigenvalue weighted by molar-refractivity contribution is -0.137. The number of rotatable bonds is 7. The van der Waals surface area contributed by atoms with Crippen molar-refractivity contribution in [1.29, 1.82) is 0 Å². The quantitative estimate of drug-likeness (QED) is 0.320. The average Bonchev–Trinajstić information content (AvgIpc) is 3.50. The third-order valence-electron chi connectivity index (χ3n) is 5.98. The first-order valence-electron chi connectivity index (χ1n) is 11.5. The molecule has 0 N–H and O–H groups in total. The monoisotopic (exact) mass is 553 g/mol. The van der Waals surface area contributed by atoms with Gasteiger partial charge in [0.15, 0.2) is 0 Å². The van der Waals surface area contributed by atoms with Gasteiger partial charge in [-0.25, -0.2) is 14.2 Å². The Hall–Kier alpha value is -3.87. The average molecular weight is 554 g/mol. The molecule has 4 rings (SSSR count). The molecule has 0 atom stereocenters. The van der Waals surface area contributed by atoms with Gasteiger partial charge in [-0.3, -0.25) is 9.59 Å². The van der Waals surface area contributed by atoms with Gasteiger partial charge in [-0.15, -0.1) is 0 Å². The number of aryl methyl sites for hydroxylation is 3. The Morgan fingerprint density at radius 3 is 2.45 bits per heavy atom. The first-order valence-corrected chi connectivity index (χ1v) is 11.9. The van der Waals surface area contributed by atoms with E-state index >= 15 is 0 Å². The number of carbonyl (C=O) groups is 3. The van der Waals surface area contributed by atoms with Gasteiger partial charge in [0.2, 0.25) is 23.5 Å². The van der Waals surface area contributed by atoms with Crippen molar-refractivity contribution in [2.24, 2.45) is 14.1 Å². The second kappa shape index (κ2) is 10.1. The summed E-state index contributed by atoms with van der Waals surface area (Å²) in [6, 6.07) is 1.64. The van der Waals surface area contributed by atoms with Crippen LogP contribution in [0.25, 0.3) is 0 Å². The Morgan fingerprint density at radius 1 is 1.13 bits per heavy atom. The summed E-state index contributed by atoms with van der Waals surface area (Å²) in [4.78, 5) is 39.9. The van der Waals surface area contributed by atoms with Crippen LogP contribution in [0.2, 0.25) is 5.02 Å². The topological polar surface area (TPSA) is 109 Å². The van der Waals surface area contributed by atoms with Gasteiger partial charge in [0.05, 0.1) is 34.8 Å². The fourth-order valence-electron chi connectivity index (χ4n) is 4.28. The highest BCUT2D eigenvalue weighted by molar-refractivity contribution is 6.38. The summed E-state index contributed by atoms with van der Waals surface area (Å²) >= 11 is 6.40. The smallest absolute Gasteiger partial charge is 0.418 e. The molecule has 202 valence electrons. The van der Waals surface area contributed by atoms with E-state index in [-0.39, 0.29) is 53.7 Å². The largest absolute Gasteiger partial charge is 0.478 e. The molecule has 2 aromatic heterocycles. The van der Waals surface area contributed by atoms with Crippen molar-refractivity contribution in [2.45, 2.75) is 32.9 Å². The van der Waals surface area contributed by atoms with E-state index in [1.165, 1.54) is 24.9 Å². The molecule has 1 fully saturated rings. The molecule has 10 nitrogen and oxygen atoms in total. The van der Waals surface area contributed by atoms with Gasteiger partial charge in [0.1, 0.15) is 11.1 Å². The zero-order valence-corrected chi connectivity index (χ0v) is 21.6. The molecule has 0 aliphatic carbocycles. The van der Waals surface area contributed by atoms with E-state index in [1.807, 2.05) is 0 Å². The maximum Gasteiger partial charge on any atom is 0.418 e. The van der Waals surface area contributed by atoms with E-state index < -0.39 is 40.1 Å². The number of aromatic nitrogens is 4. The minimum absolute atomic E-state index is 0.00556. The van der Waals surface area contributed by atoms with Gasteiger partial charge in [0, 0.05) is 32.6 Å². The summed E-state index contributed by atoms with van der Waals surface area (Å²) in [7, 11) is 3.00. The molecule has 14 heteroatoms. The zero-order valence-electron chi connectivity index (χ0n) is 20.8. The number of esters is 1. The number of alkyl halides is 3. The fourth-order valence-corrected chi connectivity index (χ4v) is 4.64. The first-order chi connectivity index (χ1) is 17.9. The molecular weight excluding hydrogens is 531 g/mol. The van der Waals surface area contributed by atoms with Crippen LogP contribution < -0.4 is 14.4 Å². The second-order valence-corrected chi connectivity index (χ2v) is 8.88. The number of benzene rings is 1. The van der Waals surface area contributed by atoms with Crippen LogP contribution in [0, 0.1) is 6.92 Å². The molecule has 0 radical (unpaired) electrons. The summed E-state index contributed by atoms with van der Waals surface area (Å²) in [6.07, 6.45) is -3.17. The molecule has 1 aromatic carbocycles. The lowest BCUT2D eigenvalue weighted by atomic mass is 9.99. The maximum atomic E-state index is 13.8. The minimum Gasteiger partial charge on any atom is -0.478 e. The van der Waals surface area contributed by atoms with Gasteiger partial charge in [-0.1, -0.05) is 11.6 Å². The predicted octanol–water partition coefficient (Wildman–Crippen LogP) is 4.11. The van der Waals surface area contributed by atoms with Gasteiger partial charge in [-0.05, 0) is 32.4 Å².